The summed E-state index contributed by atoms with van der Waals surface area (Å²) in [4.78, 5) is 4.49. The molecule has 0 saturated carbocycles. The molecule has 0 saturated heterocycles. The van der Waals surface area contributed by atoms with Crippen molar-refractivity contribution < 1.29 is 17.9 Å². The molecular formula is C17H26F3N3O. The van der Waals surface area contributed by atoms with E-state index in [1.165, 1.54) is 0 Å². The number of nitrogens with zero attached hydrogens (tertiary/aromatic N) is 1. The van der Waals surface area contributed by atoms with Gasteiger partial charge in [-0.2, -0.15) is 13.2 Å². The van der Waals surface area contributed by atoms with Crippen LogP contribution in [0.15, 0.2) is 29.3 Å². The summed E-state index contributed by atoms with van der Waals surface area (Å²) in [6.45, 7) is 5.02. The lowest BCUT2D eigenvalue weighted by molar-refractivity contribution is -0.176. The number of ether oxygens (including phenoxy) is 1. The van der Waals surface area contributed by atoms with Crippen molar-refractivity contribution in [2.75, 3.05) is 19.7 Å². The number of halogens is 3. The Bertz CT molecular complexity index is 487. The highest BCUT2D eigenvalue weighted by Crippen LogP contribution is 2.16. The van der Waals surface area contributed by atoms with Crippen LogP contribution < -0.4 is 10.6 Å². The molecule has 4 nitrogen and oxygen atoms in total. The first-order valence-corrected chi connectivity index (χ1v) is 8.19. The predicted octanol–water partition coefficient (Wildman–Crippen LogP) is 3.62. The fourth-order valence-corrected chi connectivity index (χ4v) is 1.92. The molecule has 1 rings (SSSR count). The van der Waals surface area contributed by atoms with Gasteiger partial charge in [0.05, 0.1) is 13.2 Å². The lowest BCUT2D eigenvalue weighted by atomic mass is 10.1. The first kappa shape index (κ1) is 20.3. The van der Waals surface area contributed by atoms with Crippen molar-refractivity contribution in [1.82, 2.24) is 10.6 Å². The third-order valence-corrected chi connectivity index (χ3v) is 3.14. The molecule has 0 aliphatic heterocycles. The van der Waals surface area contributed by atoms with Crippen molar-refractivity contribution in [2.45, 2.75) is 46.0 Å². The molecule has 0 heterocycles. The van der Waals surface area contributed by atoms with Gasteiger partial charge in [0.1, 0.15) is 6.61 Å². The van der Waals surface area contributed by atoms with Crippen molar-refractivity contribution in [3.8, 4) is 0 Å². The second-order valence-corrected chi connectivity index (χ2v) is 5.40. The van der Waals surface area contributed by atoms with Crippen LogP contribution in [0, 0.1) is 0 Å². The fourth-order valence-electron chi connectivity index (χ4n) is 1.92. The van der Waals surface area contributed by atoms with E-state index in [0.29, 0.717) is 12.1 Å². The first-order valence-electron chi connectivity index (χ1n) is 8.19. The Kier molecular flexibility index (Phi) is 9.22. The molecule has 2 N–H and O–H groups in total. The van der Waals surface area contributed by atoms with E-state index in [4.69, 9.17) is 0 Å². The fraction of sp³-hybridized carbons (Fsp3) is 0.588. The van der Waals surface area contributed by atoms with Gasteiger partial charge < -0.3 is 15.4 Å². The zero-order valence-electron chi connectivity index (χ0n) is 14.2. The summed E-state index contributed by atoms with van der Waals surface area (Å²) in [5.74, 6) is 0.767. The van der Waals surface area contributed by atoms with Gasteiger partial charge in [0, 0.05) is 13.1 Å². The molecule has 0 bridgehead atoms. The Morgan fingerprint density at radius 3 is 2.33 bits per heavy atom. The normalized spacial score (nSPS) is 12.3. The number of aliphatic imine (C=N–C) groups is 1. The lowest BCUT2D eigenvalue weighted by Gasteiger charge is -2.11. The molecule has 0 aliphatic rings. The standard InChI is InChI=1S/C17H26F3N3O/c1-3-5-10-22-16(21-4-2)23-11-14-6-8-15(9-7-14)12-24-13-17(18,19)20/h6-9H,3-5,10-13H2,1-2H3,(H2,21,22,23). The Morgan fingerprint density at radius 2 is 1.75 bits per heavy atom. The molecule has 0 atom stereocenters. The molecule has 0 aromatic heterocycles. The van der Waals surface area contributed by atoms with Crippen molar-refractivity contribution in [3.63, 3.8) is 0 Å². The number of benzene rings is 1. The molecule has 0 amide bonds. The molecule has 0 fully saturated rings. The number of nitrogens with one attached hydrogen (secondary N) is 2. The van der Waals surface area contributed by atoms with E-state index < -0.39 is 12.8 Å². The van der Waals surface area contributed by atoms with Crippen LogP contribution in [-0.4, -0.2) is 31.8 Å². The van der Waals surface area contributed by atoms with Crippen molar-refractivity contribution in [1.29, 1.82) is 0 Å². The predicted molar refractivity (Wildman–Crippen MR) is 89.9 cm³/mol. The quantitative estimate of drug-likeness (QED) is 0.408. The van der Waals surface area contributed by atoms with Gasteiger partial charge in [-0.3, -0.25) is 0 Å². The van der Waals surface area contributed by atoms with Crippen LogP contribution in [0.25, 0.3) is 0 Å². The highest BCUT2D eigenvalue weighted by molar-refractivity contribution is 5.79. The number of hydrogen-bond acceptors (Lipinski definition) is 2. The molecule has 0 radical (unpaired) electrons. The molecule has 1 aromatic carbocycles. The van der Waals surface area contributed by atoms with E-state index in [2.05, 4.69) is 27.3 Å². The molecule has 24 heavy (non-hydrogen) atoms. The number of guanidine groups is 1. The van der Waals surface area contributed by atoms with Gasteiger partial charge >= 0.3 is 6.18 Å². The third kappa shape index (κ3) is 9.39. The van der Waals surface area contributed by atoms with Gasteiger partial charge in [-0.15, -0.1) is 0 Å². The Hall–Kier alpha value is -1.76. The molecule has 0 aliphatic carbocycles. The average molecular weight is 345 g/mol. The Balaban J connectivity index is 2.47. The molecule has 7 heteroatoms. The van der Waals surface area contributed by atoms with Crippen LogP contribution in [0.4, 0.5) is 13.2 Å². The van der Waals surface area contributed by atoms with Crippen LogP contribution >= 0.6 is 0 Å². The summed E-state index contributed by atoms with van der Waals surface area (Å²) < 4.78 is 40.7. The highest BCUT2D eigenvalue weighted by Gasteiger charge is 2.27. The zero-order valence-corrected chi connectivity index (χ0v) is 14.2. The Labute approximate surface area is 141 Å². The molecular weight excluding hydrogens is 319 g/mol. The van der Waals surface area contributed by atoms with Crippen molar-refractivity contribution >= 4 is 5.96 Å². The van der Waals surface area contributed by atoms with E-state index in [-0.39, 0.29) is 6.61 Å². The van der Waals surface area contributed by atoms with E-state index in [1.807, 2.05) is 19.1 Å². The average Bonchev–Trinajstić information content (AvgIpc) is 2.53. The van der Waals surface area contributed by atoms with Crippen LogP contribution in [0.5, 0.6) is 0 Å². The van der Waals surface area contributed by atoms with Crippen LogP contribution in [0.1, 0.15) is 37.8 Å². The maximum absolute atomic E-state index is 12.0. The van der Waals surface area contributed by atoms with Crippen LogP contribution in [-0.2, 0) is 17.9 Å². The number of unbranched alkanes of at least 4 members (excludes halogenated alkanes) is 1. The van der Waals surface area contributed by atoms with Crippen LogP contribution in [0.2, 0.25) is 0 Å². The maximum Gasteiger partial charge on any atom is 0.411 e. The van der Waals surface area contributed by atoms with E-state index in [0.717, 1.165) is 37.5 Å². The highest BCUT2D eigenvalue weighted by atomic mass is 19.4. The SMILES string of the molecule is CCCCNC(=NCc1ccc(COCC(F)(F)F)cc1)NCC. The van der Waals surface area contributed by atoms with Gasteiger partial charge in [-0.05, 0) is 24.5 Å². The summed E-state index contributed by atoms with van der Waals surface area (Å²) in [6.07, 6.45) is -2.09. The minimum Gasteiger partial charge on any atom is -0.367 e. The molecule has 0 unspecified atom stereocenters. The summed E-state index contributed by atoms with van der Waals surface area (Å²) in [7, 11) is 0. The van der Waals surface area contributed by atoms with E-state index in [9.17, 15) is 13.2 Å². The van der Waals surface area contributed by atoms with Gasteiger partial charge in [0.2, 0.25) is 0 Å². The van der Waals surface area contributed by atoms with E-state index >= 15 is 0 Å². The minimum atomic E-state index is -4.29. The molecule has 136 valence electrons. The third-order valence-electron chi connectivity index (χ3n) is 3.14. The summed E-state index contributed by atoms with van der Waals surface area (Å²) >= 11 is 0. The summed E-state index contributed by atoms with van der Waals surface area (Å²) in [6, 6.07) is 7.23. The van der Waals surface area contributed by atoms with Gasteiger partial charge in [0.15, 0.2) is 5.96 Å². The topological polar surface area (TPSA) is 45.7 Å². The number of alkyl halides is 3. The smallest absolute Gasteiger partial charge is 0.367 e. The first-order chi connectivity index (χ1) is 11.4. The lowest BCUT2D eigenvalue weighted by Crippen LogP contribution is -2.37. The molecule has 1 aromatic rings. The van der Waals surface area contributed by atoms with Crippen LogP contribution in [0.3, 0.4) is 0 Å². The van der Waals surface area contributed by atoms with Crippen molar-refractivity contribution in [3.05, 3.63) is 35.4 Å². The van der Waals surface area contributed by atoms with Gasteiger partial charge in [-0.1, -0.05) is 37.6 Å². The number of rotatable bonds is 9. The maximum atomic E-state index is 12.0. The second-order valence-electron chi connectivity index (χ2n) is 5.40. The number of hydrogen-bond donors (Lipinski definition) is 2. The van der Waals surface area contributed by atoms with Gasteiger partial charge in [0.25, 0.3) is 0 Å². The summed E-state index contributed by atoms with van der Waals surface area (Å²) in [5, 5.41) is 6.44. The zero-order chi connectivity index (χ0) is 17.8. The van der Waals surface area contributed by atoms with Crippen molar-refractivity contribution in [2.24, 2.45) is 4.99 Å². The summed E-state index contributed by atoms with van der Waals surface area (Å²) in [5.41, 5.74) is 1.70. The second kappa shape index (κ2) is 10.9. The largest absolute Gasteiger partial charge is 0.411 e. The minimum absolute atomic E-state index is 0.0513. The molecule has 0 spiro atoms. The monoisotopic (exact) mass is 345 g/mol. The van der Waals surface area contributed by atoms with E-state index in [1.54, 1.807) is 12.1 Å². The Morgan fingerprint density at radius 1 is 1.08 bits per heavy atom. The van der Waals surface area contributed by atoms with Gasteiger partial charge in [-0.25, -0.2) is 4.99 Å².